The second kappa shape index (κ2) is 6.36. The van der Waals surface area contributed by atoms with E-state index in [0.717, 1.165) is 6.42 Å². The highest BCUT2D eigenvalue weighted by Gasteiger charge is 2.22. The summed E-state index contributed by atoms with van der Waals surface area (Å²) < 4.78 is 0. The van der Waals surface area contributed by atoms with E-state index in [1.54, 1.807) is 11.3 Å². The summed E-state index contributed by atoms with van der Waals surface area (Å²) in [6.45, 7) is 7.22. The second-order valence-electron chi connectivity index (χ2n) is 5.04. The molecule has 0 aliphatic rings. The standard InChI is InChI=1S/C13H24N2S/c1-4-5-6-7-8-11-9-16-12(15-11)13(2,3)10-14/h9H,4-8,10,14H2,1-3H3. The molecule has 2 N–H and O–H groups in total. The van der Waals surface area contributed by atoms with Gasteiger partial charge in [0.2, 0.25) is 0 Å². The van der Waals surface area contributed by atoms with Gasteiger partial charge in [-0.3, -0.25) is 0 Å². The number of rotatable bonds is 7. The zero-order chi connectivity index (χ0) is 12.0. The van der Waals surface area contributed by atoms with Gasteiger partial charge in [0.15, 0.2) is 0 Å². The van der Waals surface area contributed by atoms with Crippen molar-refractivity contribution in [2.75, 3.05) is 6.54 Å². The van der Waals surface area contributed by atoms with Crippen molar-refractivity contribution in [3.8, 4) is 0 Å². The van der Waals surface area contributed by atoms with Crippen LogP contribution in [0.25, 0.3) is 0 Å². The zero-order valence-electron chi connectivity index (χ0n) is 10.8. The Morgan fingerprint density at radius 1 is 1.31 bits per heavy atom. The van der Waals surface area contributed by atoms with E-state index >= 15 is 0 Å². The molecular weight excluding hydrogens is 216 g/mol. The quantitative estimate of drug-likeness (QED) is 0.741. The van der Waals surface area contributed by atoms with Crippen LogP contribution < -0.4 is 5.73 Å². The maximum atomic E-state index is 5.75. The molecule has 0 fully saturated rings. The Morgan fingerprint density at radius 3 is 2.69 bits per heavy atom. The number of nitrogens with zero attached hydrogens (tertiary/aromatic N) is 1. The van der Waals surface area contributed by atoms with E-state index in [1.807, 2.05) is 0 Å². The van der Waals surface area contributed by atoms with Crippen LogP contribution >= 0.6 is 11.3 Å². The van der Waals surface area contributed by atoms with Gasteiger partial charge in [-0.25, -0.2) is 4.98 Å². The van der Waals surface area contributed by atoms with Gasteiger partial charge in [0.05, 0.1) is 10.7 Å². The molecule has 0 bridgehead atoms. The lowest BCUT2D eigenvalue weighted by molar-refractivity contribution is 0.533. The Kier molecular flexibility index (Phi) is 5.42. The minimum absolute atomic E-state index is 0.0341. The summed E-state index contributed by atoms with van der Waals surface area (Å²) in [5.74, 6) is 0. The van der Waals surface area contributed by atoms with Crippen LogP contribution in [-0.2, 0) is 11.8 Å². The molecule has 1 heterocycles. The molecule has 1 aromatic rings. The third kappa shape index (κ3) is 3.87. The summed E-state index contributed by atoms with van der Waals surface area (Å²) in [6, 6.07) is 0. The first kappa shape index (κ1) is 13.7. The molecule has 3 heteroatoms. The summed E-state index contributed by atoms with van der Waals surface area (Å²) in [6.07, 6.45) is 6.34. The van der Waals surface area contributed by atoms with Gasteiger partial charge in [-0.1, -0.05) is 40.0 Å². The number of hydrogen-bond acceptors (Lipinski definition) is 3. The highest BCUT2D eigenvalue weighted by molar-refractivity contribution is 7.09. The molecule has 1 aromatic heterocycles. The third-order valence-corrected chi connectivity index (χ3v) is 4.18. The van der Waals surface area contributed by atoms with Gasteiger partial charge in [0.1, 0.15) is 0 Å². The first-order valence-corrected chi connectivity index (χ1v) is 7.13. The van der Waals surface area contributed by atoms with Crippen LogP contribution in [0.1, 0.15) is 57.2 Å². The maximum absolute atomic E-state index is 5.75. The summed E-state index contributed by atoms with van der Waals surface area (Å²) in [5, 5.41) is 3.37. The largest absolute Gasteiger partial charge is 0.330 e. The third-order valence-electron chi connectivity index (χ3n) is 2.93. The van der Waals surface area contributed by atoms with E-state index in [4.69, 9.17) is 5.73 Å². The molecule has 0 radical (unpaired) electrons. The van der Waals surface area contributed by atoms with Crippen LogP contribution in [0.15, 0.2) is 5.38 Å². The summed E-state index contributed by atoms with van der Waals surface area (Å²) >= 11 is 1.75. The molecular formula is C13H24N2S. The summed E-state index contributed by atoms with van der Waals surface area (Å²) in [7, 11) is 0. The molecule has 92 valence electrons. The van der Waals surface area contributed by atoms with Gasteiger partial charge < -0.3 is 5.73 Å². The highest BCUT2D eigenvalue weighted by Crippen LogP contribution is 2.25. The molecule has 0 unspecified atom stereocenters. The van der Waals surface area contributed by atoms with Crippen molar-refractivity contribution in [3.63, 3.8) is 0 Å². The minimum Gasteiger partial charge on any atom is -0.330 e. The Balaban J connectivity index is 2.45. The monoisotopic (exact) mass is 240 g/mol. The molecule has 16 heavy (non-hydrogen) atoms. The molecule has 0 aliphatic heterocycles. The van der Waals surface area contributed by atoms with E-state index < -0.39 is 0 Å². The van der Waals surface area contributed by atoms with Crippen molar-refractivity contribution in [3.05, 3.63) is 16.1 Å². The number of thiazole rings is 1. The molecule has 0 saturated carbocycles. The number of aryl methyl sites for hydroxylation is 1. The molecule has 2 nitrogen and oxygen atoms in total. The first-order chi connectivity index (χ1) is 7.60. The molecule has 0 saturated heterocycles. The molecule has 0 spiro atoms. The van der Waals surface area contributed by atoms with E-state index in [1.165, 1.54) is 36.4 Å². The van der Waals surface area contributed by atoms with Gasteiger partial charge in [0.25, 0.3) is 0 Å². The lowest BCUT2D eigenvalue weighted by Crippen LogP contribution is -2.27. The van der Waals surface area contributed by atoms with Gasteiger partial charge in [-0.2, -0.15) is 0 Å². The Bertz CT molecular complexity index is 305. The van der Waals surface area contributed by atoms with Crippen LogP contribution in [0, 0.1) is 0 Å². The molecule has 0 amide bonds. The van der Waals surface area contributed by atoms with Crippen molar-refractivity contribution in [2.45, 2.75) is 58.3 Å². The Hall–Kier alpha value is -0.410. The SMILES string of the molecule is CCCCCCc1csc(C(C)(C)CN)n1. The predicted molar refractivity (Wildman–Crippen MR) is 72.0 cm³/mol. The van der Waals surface area contributed by atoms with E-state index in [-0.39, 0.29) is 5.41 Å². The van der Waals surface area contributed by atoms with Crippen molar-refractivity contribution in [2.24, 2.45) is 5.73 Å². The Morgan fingerprint density at radius 2 is 2.06 bits per heavy atom. The molecule has 0 atom stereocenters. The number of unbranched alkanes of at least 4 members (excludes halogenated alkanes) is 3. The van der Waals surface area contributed by atoms with Crippen molar-refractivity contribution in [1.82, 2.24) is 4.98 Å². The van der Waals surface area contributed by atoms with E-state index in [0.29, 0.717) is 6.54 Å². The first-order valence-electron chi connectivity index (χ1n) is 6.25. The summed E-state index contributed by atoms with van der Waals surface area (Å²) in [5.41, 5.74) is 7.04. The van der Waals surface area contributed by atoms with Crippen LogP contribution in [-0.4, -0.2) is 11.5 Å². The predicted octanol–water partition coefficient (Wildman–Crippen LogP) is 3.50. The van der Waals surface area contributed by atoms with Crippen molar-refractivity contribution in [1.29, 1.82) is 0 Å². The van der Waals surface area contributed by atoms with Gasteiger partial charge in [-0.15, -0.1) is 11.3 Å². The van der Waals surface area contributed by atoms with Crippen LogP contribution in [0.5, 0.6) is 0 Å². The summed E-state index contributed by atoms with van der Waals surface area (Å²) in [4.78, 5) is 4.69. The Labute approximate surface area is 103 Å². The average Bonchev–Trinajstić information content (AvgIpc) is 2.74. The van der Waals surface area contributed by atoms with Gasteiger partial charge in [-0.05, 0) is 12.8 Å². The molecule has 1 rings (SSSR count). The highest BCUT2D eigenvalue weighted by atomic mass is 32.1. The van der Waals surface area contributed by atoms with E-state index in [9.17, 15) is 0 Å². The smallest absolute Gasteiger partial charge is 0.0997 e. The number of nitrogens with two attached hydrogens (primary N) is 1. The van der Waals surface area contributed by atoms with Crippen LogP contribution in [0.3, 0.4) is 0 Å². The zero-order valence-corrected chi connectivity index (χ0v) is 11.6. The maximum Gasteiger partial charge on any atom is 0.0997 e. The fraction of sp³-hybridized carbons (Fsp3) is 0.769. The number of hydrogen-bond donors (Lipinski definition) is 1. The normalized spacial score (nSPS) is 12.0. The van der Waals surface area contributed by atoms with E-state index in [2.05, 4.69) is 31.1 Å². The lowest BCUT2D eigenvalue weighted by atomic mass is 9.95. The minimum atomic E-state index is 0.0341. The fourth-order valence-corrected chi connectivity index (χ4v) is 2.54. The molecule has 0 aromatic carbocycles. The van der Waals surface area contributed by atoms with Gasteiger partial charge in [0, 0.05) is 17.3 Å². The van der Waals surface area contributed by atoms with Crippen LogP contribution in [0.4, 0.5) is 0 Å². The fourth-order valence-electron chi connectivity index (χ4n) is 1.55. The number of aromatic nitrogens is 1. The average molecular weight is 240 g/mol. The molecule has 0 aliphatic carbocycles. The van der Waals surface area contributed by atoms with Gasteiger partial charge >= 0.3 is 0 Å². The lowest BCUT2D eigenvalue weighted by Gasteiger charge is -2.18. The van der Waals surface area contributed by atoms with Crippen molar-refractivity contribution < 1.29 is 0 Å². The topological polar surface area (TPSA) is 38.9 Å². The second-order valence-corrected chi connectivity index (χ2v) is 5.90. The van der Waals surface area contributed by atoms with Crippen molar-refractivity contribution >= 4 is 11.3 Å². The van der Waals surface area contributed by atoms with Crippen LogP contribution in [0.2, 0.25) is 0 Å².